The first-order valence-electron chi connectivity index (χ1n) is 9.77. The number of guanidine groups is 1. The van der Waals surface area contributed by atoms with E-state index in [1.54, 1.807) is 11.0 Å². The summed E-state index contributed by atoms with van der Waals surface area (Å²) in [5.74, 6) is 0.381. The number of fused-ring (bicyclic) bond motifs is 2. The van der Waals surface area contributed by atoms with Crippen LogP contribution in [0.15, 0.2) is 32.8 Å². The van der Waals surface area contributed by atoms with Crippen molar-refractivity contribution in [2.45, 2.75) is 52.0 Å². The number of furan rings is 1. The van der Waals surface area contributed by atoms with Gasteiger partial charge in [0, 0.05) is 29.3 Å². The molecule has 0 saturated carbocycles. The molecule has 0 radical (unpaired) electrons. The summed E-state index contributed by atoms with van der Waals surface area (Å²) in [6.45, 7) is 3.85. The highest BCUT2D eigenvalue weighted by Crippen LogP contribution is 2.36. The van der Waals surface area contributed by atoms with Gasteiger partial charge in [0.05, 0.1) is 5.71 Å². The lowest BCUT2D eigenvalue weighted by Gasteiger charge is -2.34. The summed E-state index contributed by atoms with van der Waals surface area (Å²) in [7, 11) is 0. The molecule has 1 aliphatic carbocycles. The van der Waals surface area contributed by atoms with Gasteiger partial charge in [-0.3, -0.25) is 4.79 Å². The van der Waals surface area contributed by atoms with Crippen LogP contribution in [-0.4, -0.2) is 23.6 Å². The minimum absolute atomic E-state index is 0.0169. The monoisotopic (exact) mass is 397 g/mol. The highest BCUT2D eigenvalue weighted by molar-refractivity contribution is 6.10. The van der Waals surface area contributed by atoms with Crippen molar-refractivity contribution in [3.8, 4) is 0 Å². The molecule has 152 valence electrons. The summed E-state index contributed by atoms with van der Waals surface area (Å²) in [5, 5.41) is 7.93. The first-order chi connectivity index (χ1) is 13.9. The number of anilines is 1. The Hall–Kier alpha value is -3.16. The molecule has 0 saturated heterocycles. The van der Waals surface area contributed by atoms with Gasteiger partial charge >= 0.3 is 0 Å². The Morgan fingerprint density at radius 1 is 1.28 bits per heavy atom. The van der Waals surface area contributed by atoms with E-state index in [0.29, 0.717) is 17.9 Å². The third-order valence-corrected chi connectivity index (χ3v) is 5.60. The summed E-state index contributed by atoms with van der Waals surface area (Å²) in [6, 6.07) is 4.54. The Kier molecular flexibility index (Phi) is 4.86. The van der Waals surface area contributed by atoms with E-state index in [0.717, 1.165) is 53.8 Å². The second kappa shape index (κ2) is 7.35. The van der Waals surface area contributed by atoms with Gasteiger partial charge < -0.3 is 20.8 Å². The number of amides is 1. The molecule has 2 aromatic rings. The fraction of sp³-hybridized carbons (Fsp3) is 0.381. The highest BCUT2D eigenvalue weighted by Gasteiger charge is 2.35. The van der Waals surface area contributed by atoms with Crippen LogP contribution >= 0.6 is 0 Å². The largest absolute Gasteiger partial charge is 0.455 e. The minimum atomic E-state index is -0.295. The molecule has 1 aromatic carbocycles. The lowest BCUT2D eigenvalue weighted by Crippen LogP contribution is -2.42. The van der Waals surface area contributed by atoms with Crippen LogP contribution in [0.5, 0.6) is 0 Å². The molecule has 7 nitrogen and oxygen atoms in total. The van der Waals surface area contributed by atoms with E-state index >= 15 is 0 Å². The van der Waals surface area contributed by atoms with Gasteiger partial charge in [-0.15, -0.1) is 5.10 Å². The van der Waals surface area contributed by atoms with E-state index in [-0.39, 0.29) is 23.7 Å². The van der Waals surface area contributed by atoms with Crippen molar-refractivity contribution in [3.05, 3.63) is 52.2 Å². The molecule has 2 heterocycles. The van der Waals surface area contributed by atoms with Gasteiger partial charge in [0.15, 0.2) is 5.76 Å². The van der Waals surface area contributed by atoms with Crippen LogP contribution in [0.3, 0.4) is 0 Å². The van der Waals surface area contributed by atoms with Crippen LogP contribution in [0.2, 0.25) is 0 Å². The predicted molar refractivity (Wildman–Crippen MR) is 110 cm³/mol. The van der Waals surface area contributed by atoms with Crippen molar-refractivity contribution in [1.29, 1.82) is 0 Å². The molecule has 0 bridgehead atoms. The van der Waals surface area contributed by atoms with Gasteiger partial charge in [-0.1, -0.05) is 0 Å². The number of halogens is 1. The van der Waals surface area contributed by atoms with Gasteiger partial charge in [-0.25, -0.2) is 4.39 Å². The van der Waals surface area contributed by atoms with Crippen LogP contribution < -0.4 is 16.4 Å². The lowest BCUT2D eigenvalue weighted by molar-refractivity contribution is 0.0945. The Bertz CT molecular complexity index is 1040. The zero-order chi connectivity index (χ0) is 20.7. The van der Waals surface area contributed by atoms with Crippen LogP contribution in [-0.2, 0) is 12.8 Å². The van der Waals surface area contributed by atoms with Crippen LogP contribution in [0.1, 0.15) is 59.2 Å². The van der Waals surface area contributed by atoms with Crippen molar-refractivity contribution in [3.63, 3.8) is 0 Å². The number of carbonyl (C=O) groups excluding carboxylic acids is 1. The van der Waals surface area contributed by atoms with Crippen molar-refractivity contribution in [2.24, 2.45) is 21.7 Å². The maximum Gasteiger partial charge on any atom is 0.294 e. The van der Waals surface area contributed by atoms with Crippen molar-refractivity contribution >= 4 is 23.3 Å². The molecule has 2 aliphatic rings. The summed E-state index contributed by atoms with van der Waals surface area (Å²) in [5.41, 5.74) is 14.6. The molecule has 8 heteroatoms. The molecule has 1 unspecified atom stereocenters. The van der Waals surface area contributed by atoms with E-state index in [1.165, 1.54) is 12.1 Å². The van der Waals surface area contributed by atoms with Gasteiger partial charge in [0.2, 0.25) is 5.96 Å². The average molecular weight is 397 g/mol. The fourth-order valence-electron chi connectivity index (χ4n) is 4.23. The number of benzene rings is 1. The molecule has 29 heavy (non-hydrogen) atoms. The lowest BCUT2D eigenvalue weighted by atomic mass is 9.92. The molecule has 1 amide bonds. The van der Waals surface area contributed by atoms with E-state index in [2.05, 4.69) is 10.2 Å². The van der Waals surface area contributed by atoms with Crippen molar-refractivity contribution in [2.75, 3.05) is 4.90 Å². The standard InChI is InChI=1S/C21H24FN5O2/c1-11-6-7-13-10-14(22)8-9-16(13)27(11)20(28)19-12(2)18-15(25-26-21(23)24)4-3-5-17(18)29-19/h8-11H,3-7H2,1-2H3,(H4,23,24,26)/b25-15+. The van der Waals surface area contributed by atoms with Gasteiger partial charge in [0.25, 0.3) is 5.91 Å². The summed E-state index contributed by atoms with van der Waals surface area (Å²) < 4.78 is 19.7. The minimum Gasteiger partial charge on any atom is -0.455 e. The van der Waals surface area contributed by atoms with E-state index in [1.807, 2.05) is 13.8 Å². The summed E-state index contributed by atoms with van der Waals surface area (Å²) in [4.78, 5) is 15.2. The first-order valence-corrected chi connectivity index (χ1v) is 9.77. The Morgan fingerprint density at radius 3 is 2.83 bits per heavy atom. The zero-order valence-electron chi connectivity index (χ0n) is 16.5. The maximum atomic E-state index is 13.7. The zero-order valence-corrected chi connectivity index (χ0v) is 16.5. The summed E-state index contributed by atoms with van der Waals surface area (Å²) in [6.07, 6.45) is 3.77. The SMILES string of the molecule is Cc1c(C(=O)N2c3ccc(F)cc3CCC2C)oc2c1/C(=N/N=C(N)N)CCC2. The molecule has 0 fully saturated rings. The Morgan fingerprint density at radius 2 is 2.07 bits per heavy atom. The van der Waals surface area contributed by atoms with Gasteiger partial charge in [-0.2, -0.15) is 5.10 Å². The molecule has 4 N–H and O–H groups in total. The van der Waals surface area contributed by atoms with Crippen LogP contribution in [0.4, 0.5) is 10.1 Å². The first kappa shape index (κ1) is 19.2. The van der Waals surface area contributed by atoms with Gasteiger partial charge in [-0.05, 0) is 63.3 Å². The quantitative estimate of drug-likeness (QED) is 0.461. The number of nitrogens with zero attached hydrogens (tertiary/aromatic N) is 3. The molecule has 0 spiro atoms. The average Bonchev–Trinajstić information content (AvgIpc) is 3.03. The predicted octanol–water partition coefficient (Wildman–Crippen LogP) is 3.02. The Labute approximate surface area is 168 Å². The number of carbonyl (C=O) groups is 1. The van der Waals surface area contributed by atoms with E-state index < -0.39 is 0 Å². The molecule has 4 rings (SSSR count). The van der Waals surface area contributed by atoms with Crippen molar-refractivity contribution in [1.82, 2.24) is 0 Å². The van der Waals surface area contributed by atoms with E-state index in [9.17, 15) is 9.18 Å². The Balaban J connectivity index is 1.76. The topological polar surface area (TPSA) is 110 Å². The van der Waals surface area contributed by atoms with Crippen LogP contribution in [0.25, 0.3) is 0 Å². The number of nitrogens with two attached hydrogens (primary N) is 2. The van der Waals surface area contributed by atoms with Crippen LogP contribution in [0, 0.1) is 12.7 Å². The normalized spacial score (nSPS) is 19.6. The highest BCUT2D eigenvalue weighted by atomic mass is 19.1. The van der Waals surface area contributed by atoms with E-state index in [4.69, 9.17) is 15.9 Å². The number of rotatable bonds is 2. The number of hydrogen-bond donors (Lipinski definition) is 2. The molecule has 1 atom stereocenters. The fourth-order valence-corrected chi connectivity index (χ4v) is 4.23. The molecule has 1 aliphatic heterocycles. The second-order valence-electron chi connectivity index (χ2n) is 7.62. The second-order valence-corrected chi connectivity index (χ2v) is 7.62. The maximum absolute atomic E-state index is 13.7. The third kappa shape index (κ3) is 3.39. The third-order valence-electron chi connectivity index (χ3n) is 5.60. The summed E-state index contributed by atoms with van der Waals surface area (Å²) >= 11 is 0. The smallest absolute Gasteiger partial charge is 0.294 e. The molecule has 1 aromatic heterocycles. The van der Waals surface area contributed by atoms with Crippen molar-refractivity contribution < 1.29 is 13.6 Å². The van der Waals surface area contributed by atoms with Gasteiger partial charge in [0.1, 0.15) is 11.6 Å². The molecular formula is C21H24FN5O2. The molecular weight excluding hydrogens is 373 g/mol. The number of aryl methyl sites for hydroxylation is 2. The number of hydrogen-bond acceptors (Lipinski definition) is 4.